The van der Waals surface area contributed by atoms with E-state index >= 15 is 0 Å². The number of benzene rings is 2. The number of halogens is 1. The number of amides is 1. The predicted octanol–water partition coefficient (Wildman–Crippen LogP) is 4.53. The largest absolute Gasteiger partial charge is 0.493 e. The van der Waals surface area contributed by atoms with Gasteiger partial charge in [-0.1, -0.05) is 29.8 Å². The fourth-order valence-corrected chi connectivity index (χ4v) is 2.58. The number of carbonyl (C=O) groups is 1. The number of nitrogens with zero attached hydrogens (tertiary/aromatic N) is 1. The maximum Gasteiger partial charge on any atom is 0.245 e. The van der Waals surface area contributed by atoms with E-state index in [9.17, 15) is 10.1 Å². The first-order chi connectivity index (χ1) is 12.9. The first-order valence-electron chi connectivity index (χ1n) is 8.41. The van der Waals surface area contributed by atoms with Crippen LogP contribution >= 0.6 is 11.6 Å². The van der Waals surface area contributed by atoms with Gasteiger partial charge in [-0.25, -0.2) is 0 Å². The number of hydrogen-bond donors (Lipinski definition) is 1. The molecule has 0 aromatic heterocycles. The summed E-state index contributed by atoms with van der Waals surface area (Å²) < 4.78 is 11.0. The van der Waals surface area contributed by atoms with E-state index in [1.807, 2.05) is 19.9 Å². The second kappa shape index (κ2) is 9.65. The molecule has 0 unspecified atom stereocenters. The summed E-state index contributed by atoms with van der Waals surface area (Å²) in [5.41, 5.74) is 1.40. The Bertz CT molecular complexity index is 872. The van der Waals surface area contributed by atoms with Gasteiger partial charge in [-0.2, -0.15) is 5.26 Å². The molecule has 1 amide bonds. The SMILES string of the molecule is COc1cc(/C=C\C(=O)N[C@H](C#N)c2cccc(Cl)c2)ccc1OC(C)C. The second-order valence-electron chi connectivity index (χ2n) is 6.04. The molecule has 27 heavy (non-hydrogen) atoms. The van der Waals surface area contributed by atoms with E-state index in [4.69, 9.17) is 21.1 Å². The minimum absolute atomic E-state index is 0.0282. The van der Waals surface area contributed by atoms with E-state index in [0.717, 1.165) is 5.56 Å². The van der Waals surface area contributed by atoms with Crippen LogP contribution in [0.2, 0.25) is 5.02 Å². The molecule has 0 saturated heterocycles. The van der Waals surface area contributed by atoms with Crippen molar-refractivity contribution in [1.29, 1.82) is 5.26 Å². The van der Waals surface area contributed by atoms with Gasteiger partial charge in [-0.3, -0.25) is 4.79 Å². The Hall–Kier alpha value is -2.97. The highest BCUT2D eigenvalue weighted by atomic mass is 35.5. The first-order valence-corrected chi connectivity index (χ1v) is 8.79. The van der Waals surface area contributed by atoms with Crippen molar-refractivity contribution in [3.8, 4) is 17.6 Å². The van der Waals surface area contributed by atoms with E-state index in [-0.39, 0.29) is 12.0 Å². The number of carbonyl (C=O) groups excluding carboxylic acids is 1. The van der Waals surface area contributed by atoms with Crippen LogP contribution in [0.15, 0.2) is 48.5 Å². The Labute approximate surface area is 164 Å². The van der Waals surface area contributed by atoms with Gasteiger partial charge in [-0.05, 0) is 55.3 Å². The number of ether oxygens (including phenoxy) is 2. The van der Waals surface area contributed by atoms with Crippen LogP contribution in [0.3, 0.4) is 0 Å². The summed E-state index contributed by atoms with van der Waals surface area (Å²) >= 11 is 5.94. The van der Waals surface area contributed by atoms with E-state index in [1.54, 1.807) is 49.6 Å². The molecule has 0 aliphatic rings. The summed E-state index contributed by atoms with van der Waals surface area (Å²) in [4.78, 5) is 12.2. The van der Waals surface area contributed by atoms with Gasteiger partial charge in [-0.15, -0.1) is 0 Å². The third-order valence-electron chi connectivity index (χ3n) is 3.58. The predicted molar refractivity (Wildman–Crippen MR) is 106 cm³/mol. The third kappa shape index (κ3) is 6.05. The smallest absolute Gasteiger partial charge is 0.245 e. The van der Waals surface area contributed by atoms with Crippen LogP contribution in [0.25, 0.3) is 6.08 Å². The van der Waals surface area contributed by atoms with Crippen molar-refractivity contribution in [3.05, 3.63) is 64.7 Å². The average Bonchev–Trinajstić information content (AvgIpc) is 2.64. The highest BCUT2D eigenvalue weighted by molar-refractivity contribution is 6.30. The molecule has 1 N–H and O–H groups in total. The third-order valence-corrected chi connectivity index (χ3v) is 3.81. The monoisotopic (exact) mass is 384 g/mol. The molecule has 0 saturated carbocycles. The van der Waals surface area contributed by atoms with Crippen molar-refractivity contribution in [2.24, 2.45) is 0 Å². The van der Waals surface area contributed by atoms with Crippen molar-refractivity contribution in [1.82, 2.24) is 5.32 Å². The van der Waals surface area contributed by atoms with Crippen LogP contribution in [0, 0.1) is 11.3 Å². The molecule has 0 radical (unpaired) electrons. The van der Waals surface area contributed by atoms with Gasteiger partial charge >= 0.3 is 0 Å². The summed E-state index contributed by atoms with van der Waals surface area (Å²) in [6.07, 6.45) is 3.04. The zero-order valence-electron chi connectivity index (χ0n) is 15.4. The fourth-order valence-electron chi connectivity index (χ4n) is 2.38. The van der Waals surface area contributed by atoms with Crippen LogP contribution in [0.1, 0.15) is 31.0 Å². The first kappa shape index (κ1) is 20.3. The maximum absolute atomic E-state index is 12.2. The number of nitriles is 1. The number of hydrogen-bond acceptors (Lipinski definition) is 4. The molecule has 140 valence electrons. The van der Waals surface area contributed by atoms with E-state index in [2.05, 4.69) is 11.4 Å². The topological polar surface area (TPSA) is 71.3 Å². The molecule has 6 heteroatoms. The minimum atomic E-state index is -0.780. The summed E-state index contributed by atoms with van der Waals surface area (Å²) in [6.45, 7) is 3.87. The average molecular weight is 385 g/mol. The van der Waals surface area contributed by atoms with Gasteiger partial charge in [0.1, 0.15) is 6.04 Å². The Balaban J connectivity index is 2.08. The lowest BCUT2D eigenvalue weighted by molar-refractivity contribution is -0.116. The number of nitrogens with one attached hydrogen (secondary N) is 1. The van der Waals surface area contributed by atoms with Crippen molar-refractivity contribution in [3.63, 3.8) is 0 Å². The highest BCUT2D eigenvalue weighted by Gasteiger charge is 2.12. The van der Waals surface area contributed by atoms with E-state index < -0.39 is 6.04 Å². The molecule has 2 rings (SSSR count). The zero-order chi connectivity index (χ0) is 19.8. The molecule has 0 bridgehead atoms. The van der Waals surface area contributed by atoms with Crippen LogP contribution in [-0.4, -0.2) is 19.1 Å². The fraction of sp³-hybridized carbons (Fsp3) is 0.238. The molecule has 0 heterocycles. The number of methoxy groups -OCH3 is 1. The second-order valence-corrected chi connectivity index (χ2v) is 6.47. The minimum Gasteiger partial charge on any atom is -0.493 e. The molecular weight excluding hydrogens is 364 g/mol. The lowest BCUT2D eigenvalue weighted by atomic mass is 10.1. The zero-order valence-corrected chi connectivity index (χ0v) is 16.2. The van der Waals surface area contributed by atoms with Crippen molar-refractivity contribution in [2.45, 2.75) is 26.0 Å². The van der Waals surface area contributed by atoms with Gasteiger partial charge in [0.05, 0.1) is 19.3 Å². The Morgan fingerprint density at radius 3 is 2.63 bits per heavy atom. The molecule has 0 aliphatic carbocycles. The standard InChI is InChI=1S/C21H21ClN2O3/c1-14(2)27-19-9-7-15(11-20(19)26-3)8-10-21(25)24-18(13-23)16-5-4-6-17(22)12-16/h4-12,14,18H,1-3H3,(H,24,25)/b10-8-/t18-/m1/s1. The molecule has 5 nitrogen and oxygen atoms in total. The van der Waals surface area contributed by atoms with Crippen molar-refractivity contribution in [2.75, 3.05) is 7.11 Å². The maximum atomic E-state index is 12.2. The van der Waals surface area contributed by atoms with Gasteiger partial charge in [0, 0.05) is 11.1 Å². The van der Waals surface area contributed by atoms with Gasteiger partial charge in [0.25, 0.3) is 0 Å². The lowest BCUT2D eigenvalue weighted by Crippen LogP contribution is -2.25. The van der Waals surface area contributed by atoms with E-state index in [0.29, 0.717) is 22.1 Å². The Morgan fingerprint density at radius 2 is 2.00 bits per heavy atom. The molecular formula is C21H21ClN2O3. The van der Waals surface area contributed by atoms with Gasteiger partial charge < -0.3 is 14.8 Å². The molecule has 0 spiro atoms. The number of rotatable bonds is 7. The summed E-state index contributed by atoms with van der Waals surface area (Å²) in [5.74, 6) is 0.836. The van der Waals surface area contributed by atoms with Crippen LogP contribution in [-0.2, 0) is 4.79 Å². The van der Waals surface area contributed by atoms with Crippen molar-refractivity contribution >= 4 is 23.6 Å². The molecule has 2 aromatic rings. The summed E-state index contributed by atoms with van der Waals surface area (Å²) in [6, 6.07) is 13.5. The Morgan fingerprint density at radius 1 is 1.22 bits per heavy atom. The van der Waals surface area contributed by atoms with Gasteiger partial charge in [0.2, 0.25) is 5.91 Å². The van der Waals surface area contributed by atoms with Crippen LogP contribution < -0.4 is 14.8 Å². The quantitative estimate of drug-likeness (QED) is 0.712. The molecule has 2 aromatic carbocycles. The Kier molecular flexibility index (Phi) is 7.27. The lowest BCUT2D eigenvalue weighted by Gasteiger charge is -2.13. The summed E-state index contributed by atoms with van der Waals surface area (Å²) in [7, 11) is 1.56. The highest BCUT2D eigenvalue weighted by Crippen LogP contribution is 2.29. The normalized spacial score (nSPS) is 11.9. The van der Waals surface area contributed by atoms with Gasteiger partial charge in [0.15, 0.2) is 11.5 Å². The van der Waals surface area contributed by atoms with E-state index in [1.165, 1.54) is 6.08 Å². The van der Waals surface area contributed by atoms with Crippen molar-refractivity contribution < 1.29 is 14.3 Å². The molecule has 1 atom stereocenters. The van der Waals surface area contributed by atoms with Crippen LogP contribution in [0.4, 0.5) is 0 Å². The van der Waals surface area contributed by atoms with Crippen LogP contribution in [0.5, 0.6) is 11.5 Å². The molecule has 0 aliphatic heterocycles. The summed E-state index contributed by atoms with van der Waals surface area (Å²) in [5, 5.41) is 12.5. The molecule has 0 fully saturated rings.